The highest BCUT2D eigenvalue weighted by atomic mass is 35.5. The molecule has 0 bridgehead atoms. The number of Topliss-reactive ketones (excluding diaryl/α,β-unsaturated/α-hetero) is 1. The molecule has 0 amide bonds. The lowest BCUT2D eigenvalue weighted by molar-refractivity contribution is 0.0986. The maximum absolute atomic E-state index is 12.2. The van der Waals surface area contributed by atoms with E-state index < -0.39 is 0 Å². The molecule has 4 nitrogen and oxygen atoms in total. The minimum Gasteiger partial charge on any atom is -0.454 e. The minimum atomic E-state index is 0.0593. The highest BCUT2D eigenvalue weighted by Crippen LogP contribution is 2.32. The van der Waals surface area contributed by atoms with Crippen LogP contribution in [0.15, 0.2) is 36.4 Å². The zero-order valence-corrected chi connectivity index (χ0v) is 12.9. The third-order valence-corrected chi connectivity index (χ3v) is 3.95. The van der Waals surface area contributed by atoms with Gasteiger partial charge >= 0.3 is 0 Å². The number of benzene rings is 2. The lowest BCUT2D eigenvalue weighted by Crippen LogP contribution is -2.09. The van der Waals surface area contributed by atoms with Gasteiger partial charge in [-0.2, -0.15) is 0 Å². The molecule has 0 saturated heterocycles. The lowest BCUT2D eigenvalue weighted by Gasteiger charge is -2.08. The monoisotopic (exact) mass is 317 g/mol. The van der Waals surface area contributed by atoms with Crippen LogP contribution in [0.1, 0.15) is 22.3 Å². The van der Waals surface area contributed by atoms with Gasteiger partial charge in [0, 0.05) is 29.2 Å². The standard InChI is InChI=1S/C17H16ClNO3/c1-11-2-4-13(9-14(11)18)19-7-6-15(20)12-3-5-16-17(8-12)22-10-21-16/h2-5,8-9,19H,6-7,10H2,1H3. The van der Waals surface area contributed by atoms with Crippen molar-refractivity contribution in [3.05, 3.63) is 52.5 Å². The van der Waals surface area contributed by atoms with E-state index in [0.717, 1.165) is 11.3 Å². The fourth-order valence-electron chi connectivity index (χ4n) is 2.24. The number of fused-ring (bicyclic) bond motifs is 1. The second kappa shape index (κ2) is 6.28. The summed E-state index contributed by atoms with van der Waals surface area (Å²) in [5, 5.41) is 3.92. The zero-order valence-electron chi connectivity index (χ0n) is 12.2. The van der Waals surface area contributed by atoms with Crippen LogP contribution in [-0.2, 0) is 0 Å². The number of ether oxygens (including phenoxy) is 2. The van der Waals surface area contributed by atoms with Crippen LogP contribution in [0.5, 0.6) is 11.5 Å². The minimum absolute atomic E-state index is 0.0593. The predicted octanol–water partition coefficient (Wildman–Crippen LogP) is 4.06. The molecule has 0 fully saturated rings. The molecule has 0 unspecified atom stereocenters. The molecule has 2 aromatic carbocycles. The largest absolute Gasteiger partial charge is 0.454 e. The first kappa shape index (κ1) is 14.7. The Balaban J connectivity index is 1.57. The molecule has 3 rings (SSSR count). The summed E-state index contributed by atoms with van der Waals surface area (Å²) < 4.78 is 10.5. The smallest absolute Gasteiger partial charge is 0.231 e. The molecule has 114 valence electrons. The Morgan fingerprint density at radius 1 is 1.18 bits per heavy atom. The summed E-state index contributed by atoms with van der Waals surface area (Å²) >= 11 is 6.07. The Bertz CT molecular complexity index is 715. The van der Waals surface area contributed by atoms with Gasteiger partial charge in [0.05, 0.1) is 0 Å². The van der Waals surface area contributed by atoms with E-state index in [1.807, 2.05) is 25.1 Å². The zero-order chi connectivity index (χ0) is 15.5. The van der Waals surface area contributed by atoms with Gasteiger partial charge in [-0.25, -0.2) is 0 Å². The van der Waals surface area contributed by atoms with Gasteiger partial charge in [0.25, 0.3) is 0 Å². The maximum atomic E-state index is 12.2. The van der Waals surface area contributed by atoms with Crippen LogP contribution in [-0.4, -0.2) is 19.1 Å². The Labute approximate surface area is 134 Å². The Morgan fingerprint density at radius 2 is 2.00 bits per heavy atom. The van der Waals surface area contributed by atoms with E-state index >= 15 is 0 Å². The van der Waals surface area contributed by atoms with Crippen molar-refractivity contribution < 1.29 is 14.3 Å². The number of carbonyl (C=O) groups excluding carboxylic acids is 1. The van der Waals surface area contributed by atoms with Gasteiger partial charge in [-0.05, 0) is 42.8 Å². The highest BCUT2D eigenvalue weighted by Gasteiger charge is 2.15. The van der Waals surface area contributed by atoms with E-state index in [0.29, 0.717) is 35.1 Å². The summed E-state index contributed by atoms with van der Waals surface area (Å²) in [5.41, 5.74) is 2.57. The van der Waals surface area contributed by atoms with Crippen molar-refractivity contribution >= 4 is 23.1 Å². The molecule has 0 radical (unpaired) electrons. The number of anilines is 1. The van der Waals surface area contributed by atoms with Crippen molar-refractivity contribution in [3.63, 3.8) is 0 Å². The van der Waals surface area contributed by atoms with Crippen molar-refractivity contribution in [2.24, 2.45) is 0 Å². The van der Waals surface area contributed by atoms with E-state index in [2.05, 4.69) is 5.32 Å². The Hall–Kier alpha value is -2.20. The summed E-state index contributed by atoms with van der Waals surface area (Å²) in [6.45, 7) is 2.71. The van der Waals surface area contributed by atoms with Crippen LogP contribution in [0, 0.1) is 6.92 Å². The predicted molar refractivity (Wildman–Crippen MR) is 86.2 cm³/mol. The topological polar surface area (TPSA) is 47.6 Å². The third-order valence-electron chi connectivity index (χ3n) is 3.55. The van der Waals surface area contributed by atoms with Crippen molar-refractivity contribution in [2.45, 2.75) is 13.3 Å². The molecule has 0 aliphatic carbocycles. The van der Waals surface area contributed by atoms with Gasteiger partial charge < -0.3 is 14.8 Å². The normalized spacial score (nSPS) is 12.3. The third kappa shape index (κ3) is 3.17. The summed E-state index contributed by atoms with van der Waals surface area (Å²) in [4.78, 5) is 12.2. The van der Waals surface area contributed by atoms with E-state index in [1.54, 1.807) is 18.2 Å². The van der Waals surface area contributed by atoms with Crippen molar-refractivity contribution in [2.75, 3.05) is 18.7 Å². The quantitative estimate of drug-likeness (QED) is 0.845. The van der Waals surface area contributed by atoms with E-state index in [4.69, 9.17) is 21.1 Å². The Morgan fingerprint density at radius 3 is 2.82 bits per heavy atom. The molecule has 0 atom stereocenters. The van der Waals surface area contributed by atoms with E-state index in [9.17, 15) is 4.79 Å². The van der Waals surface area contributed by atoms with Crippen LogP contribution in [0.4, 0.5) is 5.69 Å². The molecule has 0 saturated carbocycles. The summed E-state index contributed by atoms with van der Waals surface area (Å²) in [6, 6.07) is 11.0. The second-order valence-corrected chi connectivity index (χ2v) is 5.54. The molecule has 0 spiro atoms. The molecular weight excluding hydrogens is 302 g/mol. The fourth-order valence-corrected chi connectivity index (χ4v) is 2.42. The molecule has 1 N–H and O–H groups in total. The fraction of sp³-hybridized carbons (Fsp3) is 0.235. The number of rotatable bonds is 5. The number of halogens is 1. The molecule has 2 aromatic rings. The van der Waals surface area contributed by atoms with Crippen molar-refractivity contribution in [3.8, 4) is 11.5 Å². The number of nitrogens with one attached hydrogen (secondary N) is 1. The van der Waals surface area contributed by atoms with Gasteiger partial charge in [-0.1, -0.05) is 17.7 Å². The molecule has 1 aliphatic rings. The van der Waals surface area contributed by atoms with Crippen LogP contribution in [0.25, 0.3) is 0 Å². The lowest BCUT2D eigenvalue weighted by atomic mass is 10.1. The van der Waals surface area contributed by atoms with Crippen LogP contribution in [0.3, 0.4) is 0 Å². The van der Waals surface area contributed by atoms with Crippen molar-refractivity contribution in [1.29, 1.82) is 0 Å². The van der Waals surface area contributed by atoms with E-state index in [1.165, 1.54) is 0 Å². The molecule has 22 heavy (non-hydrogen) atoms. The summed E-state index contributed by atoms with van der Waals surface area (Å²) in [5.74, 6) is 1.37. The molecule has 1 aliphatic heterocycles. The molecule has 1 heterocycles. The van der Waals surface area contributed by atoms with Gasteiger partial charge in [0.15, 0.2) is 17.3 Å². The van der Waals surface area contributed by atoms with Crippen molar-refractivity contribution in [1.82, 2.24) is 0 Å². The van der Waals surface area contributed by atoms with E-state index in [-0.39, 0.29) is 12.6 Å². The van der Waals surface area contributed by atoms with Gasteiger partial charge in [0.1, 0.15) is 0 Å². The number of hydrogen-bond donors (Lipinski definition) is 1. The highest BCUT2D eigenvalue weighted by molar-refractivity contribution is 6.31. The first-order valence-electron chi connectivity index (χ1n) is 7.06. The summed E-state index contributed by atoms with van der Waals surface area (Å²) in [6.07, 6.45) is 0.394. The number of aryl methyl sites for hydroxylation is 1. The average molecular weight is 318 g/mol. The first-order valence-corrected chi connectivity index (χ1v) is 7.44. The SMILES string of the molecule is Cc1ccc(NCCC(=O)c2ccc3c(c2)OCO3)cc1Cl. The first-order chi connectivity index (χ1) is 10.6. The van der Waals surface area contributed by atoms with Crippen LogP contribution < -0.4 is 14.8 Å². The summed E-state index contributed by atoms with van der Waals surface area (Å²) in [7, 11) is 0. The molecular formula is C17H16ClNO3. The Kier molecular flexibility index (Phi) is 4.20. The van der Waals surface area contributed by atoms with Crippen LogP contribution >= 0.6 is 11.6 Å². The molecule has 0 aromatic heterocycles. The maximum Gasteiger partial charge on any atom is 0.231 e. The average Bonchev–Trinajstić information content (AvgIpc) is 2.98. The van der Waals surface area contributed by atoms with Gasteiger partial charge in [-0.3, -0.25) is 4.79 Å². The second-order valence-electron chi connectivity index (χ2n) is 5.13. The number of hydrogen-bond acceptors (Lipinski definition) is 4. The number of ketones is 1. The van der Waals surface area contributed by atoms with Gasteiger partial charge in [0.2, 0.25) is 6.79 Å². The van der Waals surface area contributed by atoms with Crippen LogP contribution in [0.2, 0.25) is 5.02 Å². The molecule has 5 heteroatoms. The van der Waals surface area contributed by atoms with Gasteiger partial charge in [-0.15, -0.1) is 0 Å². The number of carbonyl (C=O) groups is 1.